The number of hydrogen-bond donors (Lipinski definition) is 2. The molecule has 2 rings (SSSR count). The molecule has 88 valence electrons. The molecule has 3 nitrogen and oxygen atoms in total. The first-order chi connectivity index (χ1) is 7.81. The molecule has 4 heteroatoms. The van der Waals surface area contributed by atoms with Crippen LogP contribution in [0.15, 0.2) is 28.7 Å². The largest absolute Gasteiger partial charge is 0.329 e. The Morgan fingerprint density at radius 3 is 2.44 bits per heavy atom. The highest BCUT2D eigenvalue weighted by molar-refractivity contribution is 9.10. The molecule has 0 bridgehead atoms. The highest BCUT2D eigenvalue weighted by Gasteiger charge is 2.20. The summed E-state index contributed by atoms with van der Waals surface area (Å²) in [5, 5.41) is 3.36. The highest BCUT2D eigenvalue weighted by Crippen LogP contribution is 2.21. The fourth-order valence-corrected chi connectivity index (χ4v) is 2.44. The van der Waals surface area contributed by atoms with E-state index in [4.69, 9.17) is 5.73 Å². The molecule has 1 aromatic rings. The van der Waals surface area contributed by atoms with Gasteiger partial charge in [0, 0.05) is 43.2 Å². The monoisotopic (exact) mass is 283 g/mol. The molecule has 1 fully saturated rings. The molecule has 1 unspecified atom stereocenters. The van der Waals surface area contributed by atoms with E-state index in [0.29, 0.717) is 12.6 Å². The van der Waals surface area contributed by atoms with Crippen LogP contribution < -0.4 is 11.1 Å². The van der Waals surface area contributed by atoms with Crippen molar-refractivity contribution in [1.82, 2.24) is 10.2 Å². The maximum atomic E-state index is 5.90. The lowest BCUT2D eigenvalue weighted by Gasteiger charge is -2.34. The maximum Gasteiger partial charge on any atom is 0.0471 e. The van der Waals surface area contributed by atoms with Gasteiger partial charge in [-0.3, -0.25) is 4.90 Å². The first-order valence-corrected chi connectivity index (χ1v) is 6.51. The Morgan fingerprint density at radius 2 is 1.88 bits per heavy atom. The van der Waals surface area contributed by atoms with Crippen LogP contribution >= 0.6 is 15.9 Å². The Kier molecular flexibility index (Phi) is 4.35. The number of rotatable bonds is 3. The Morgan fingerprint density at radius 1 is 1.25 bits per heavy atom. The van der Waals surface area contributed by atoms with Crippen molar-refractivity contribution in [3.05, 3.63) is 34.3 Å². The van der Waals surface area contributed by atoms with Crippen molar-refractivity contribution in [2.24, 2.45) is 5.73 Å². The van der Waals surface area contributed by atoms with Gasteiger partial charge >= 0.3 is 0 Å². The summed E-state index contributed by atoms with van der Waals surface area (Å²) in [5.74, 6) is 0. The van der Waals surface area contributed by atoms with E-state index in [2.05, 4.69) is 50.4 Å². The van der Waals surface area contributed by atoms with Crippen molar-refractivity contribution in [2.45, 2.75) is 6.04 Å². The van der Waals surface area contributed by atoms with E-state index in [1.807, 2.05) is 0 Å². The zero-order valence-electron chi connectivity index (χ0n) is 9.32. The lowest BCUT2D eigenvalue weighted by atomic mass is 10.0. The molecule has 0 aliphatic carbocycles. The number of benzene rings is 1. The third-order valence-corrected chi connectivity index (χ3v) is 3.60. The summed E-state index contributed by atoms with van der Waals surface area (Å²) in [6, 6.07) is 8.84. The minimum Gasteiger partial charge on any atom is -0.329 e. The van der Waals surface area contributed by atoms with E-state index in [0.717, 1.165) is 30.7 Å². The molecular formula is C12H18BrN3. The normalized spacial score (nSPS) is 19.6. The van der Waals surface area contributed by atoms with Crippen LogP contribution in [0.1, 0.15) is 11.6 Å². The molecule has 1 heterocycles. The molecule has 16 heavy (non-hydrogen) atoms. The number of nitrogens with zero attached hydrogens (tertiary/aromatic N) is 1. The topological polar surface area (TPSA) is 41.3 Å². The molecule has 0 radical (unpaired) electrons. The Hall–Kier alpha value is -0.420. The van der Waals surface area contributed by atoms with Crippen LogP contribution in [-0.4, -0.2) is 37.6 Å². The van der Waals surface area contributed by atoms with E-state index in [-0.39, 0.29) is 0 Å². The molecule has 1 atom stereocenters. The Balaban J connectivity index is 2.11. The van der Waals surface area contributed by atoms with Gasteiger partial charge in [-0.1, -0.05) is 28.1 Å². The van der Waals surface area contributed by atoms with Crippen LogP contribution in [0.3, 0.4) is 0 Å². The summed E-state index contributed by atoms with van der Waals surface area (Å²) in [6.07, 6.45) is 0. The maximum absolute atomic E-state index is 5.90. The third kappa shape index (κ3) is 2.83. The second-order valence-corrected chi connectivity index (χ2v) is 5.00. The van der Waals surface area contributed by atoms with Gasteiger partial charge < -0.3 is 11.1 Å². The van der Waals surface area contributed by atoms with Crippen LogP contribution in [0.2, 0.25) is 0 Å². The summed E-state index contributed by atoms with van der Waals surface area (Å²) in [5.41, 5.74) is 7.21. The average Bonchev–Trinajstić information content (AvgIpc) is 2.34. The summed E-state index contributed by atoms with van der Waals surface area (Å²) in [6.45, 7) is 4.97. The number of nitrogens with one attached hydrogen (secondary N) is 1. The van der Waals surface area contributed by atoms with Gasteiger partial charge in [0.2, 0.25) is 0 Å². The zero-order valence-corrected chi connectivity index (χ0v) is 10.9. The fraction of sp³-hybridized carbons (Fsp3) is 0.500. The van der Waals surface area contributed by atoms with Gasteiger partial charge in [-0.05, 0) is 17.7 Å². The number of hydrogen-bond acceptors (Lipinski definition) is 3. The zero-order chi connectivity index (χ0) is 11.4. The van der Waals surface area contributed by atoms with Gasteiger partial charge in [0.25, 0.3) is 0 Å². The standard InChI is InChI=1S/C12H18BrN3/c13-11-3-1-10(2-4-11)12(9-14)16-7-5-15-6-8-16/h1-4,12,15H,5-9,14H2. The van der Waals surface area contributed by atoms with Crippen molar-refractivity contribution in [2.75, 3.05) is 32.7 Å². The minimum atomic E-state index is 0.357. The Bertz CT molecular complexity index is 320. The van der Waals surface area contributed by atoms with Gasteiger partial charge in [0.1, 0.15) is 0 Å². The lowest BCUT2D eigenvalue weighted by Crippen LogP contribution is -2.46. The molecular weight excluding hydrogens is 266 g/mol. The van der Waals surface area contributed by atoms with Crippen LogP contribution in [-0.2, 0) is 0 Å². The van der Waals surface area contributed by atoms with E-state index < -0.39 is 0 Å². The number of nitrogens with two attached hydrogens (primary N) is 1. The van der Waals surface area contributed by atoms with Crippen molar-refractivity contribution >= 4 is 15.9 Å². The highest BCUT2D eigenvalue weighted by atomic mass is 79.9. The van der Waals surface area contributed by atoms with Crippen molar-refractivity contribution < 1.29 is 0 Å². The summed E-state index contributed by atoms with van der Waals surface area (Å²) < 4.78 is 1.12. The molecule has 0 amide bonds. The molecule has 1 aliphatic heterocycles. The summed E-state index contributed by atoms with van der Waals surface area (Å²) in [4.78, 5) is 2.46. The first kappa shape index (κ1) is 12.0. The lowest BCUT2D eigenvalue weighted by molar-refractivity contribution is 0.178. The molecule has 1 aliphatic rings. The van der Waals surface area contributed by atoms with E-state index in [1.165, 1.54) is 5.56 Å². The summed E-state index contributed by atoms with van der Waals surface area (Å²) in [7, 11) is 0. The van der Waals surface area contributed by atoms with E-state index in [1.54, 1.807) is 0 Å². The molecule has 0 saturated carbocycles. The van der Waals surface area contributed by atoms with E-state index >= 15 is 0 Å². The smallest absolute Gasteiger partial charge is 0.0471 e. The van der Waals surface area contributed by atoms with Gasteiger partial charge in [-0.15, -0.1) is 0 Å². The van der Waals surface area contributed by atoms with Gasteiger partial charge in [0.05, 0.1) is 0 Å². The van der Waals surface area contributed by atoms with Crippen LogP contribution in [0, 0.1) is 0 Å². The van der Waals surface area contributed by atoms with E-state index in [9.17, 15) is 0 Å². The molecule has 1 saturated heterocycles. The Labute approximate surface area is 105 Å². The van der Waals surface area contributed by atoms with Crippen LogP contribution in [0.25, 0.3) is 0 Å². The van der Waals surface area contributed by atoms with Crippen molar-refractivity contribution in [3.63, 3.8) is 0 Å². The molecule has 0 spiro atoms. The second kappa shape index (κ2) is 5.77. The predicted molar refractivity (Wildman–Crippen MR) is 70.4 cm³/mol. The fourth-order valence-electron chi connectivity index (χ4n) is 2.17. The first-order valence-electron chi connectivity index (χ1n) is 5.71. The predicted octanol–water partition coefficient (Wildman–Crippen LogP) is 1.35. The summed E-state index contributed by atoms with van der Waals surface area (Å²) >= 11 is 3.46. The number of piperazine rings is 1. The van der Waals surface area contributed by atoms with Crippen LogP contribution in [0.4, 0.5) is 0 Å². The van der Waals surface area contributed by atoms with Gasteiger partial charge in [-0.25, -0.2) is 0 Å². The van der Waals surface area contributed by atoms with Gasteiger partial charge in [0.15, 0.2) is 0 Å². The van der Waals surface area contributed by atoms with Gasteiger partial charge in [-0.2, -0.15) is 0 Å². The third-order valence-electron chi connectivity index (χ3n) is 3.07. The second-order valence-electron chi connectivity index (χ2n) is 4.09. The number of halogens is 1. The molecule has 3 N–H and O–H groups in total. The average molecular weight is 284 g/mol. The molecule has 1 aromatic carbocycles. The van der Waals surface area contributed by atoms with Crippen LogP contribution in [0.5, 0.6) is 0 Å². The molecule has 0 aromatic heterocycles. The SMILES string of the molecule is NCC(c1ccc(Br)cc1)N1CCNCC1. The van der Waals surface area contributed by atoms with Crippen molar-refractivity contribution in [1.29, 1.82) is 0 Å². The van der Waals surface area contributed by atoms with Crippen molar-refractivity contribution in [3.8, 4) is 0 Å². The quantitative estimate of drug-likeness (QED) is 0.880. The minimum absolute atomic E-state index is 0.357.